The van der Waals surface area contributed by atoms with E-state index in [1.165, 1.54) is 0 Å². The van der Waals surface area contributed by atoms with Gasteiger partial charge in [-0.25, -0.2) is 4.68 Å². The molecule has 0 amide bonds. The standard InChI is InChI=1S/C16H13BrClN3/c17-15-7-6-12(10-16(15)18)19-11-13-8-9-21(20-13)14-4-2-1-3-5-14/h1-10,19H,11H2. The summed E-state index contributed by atoms with van der Waals surface area (Å²) >= 11 is 9.45. The van der Waals surface area contributed by atoms with E-state index >= 15 is 0 Å². The molecule has 106 valence electrons. The zero-order valence-electron chi connectivity index (χ0n) is 11.1. The van der Waals surface area contributed by atoms with Crippen LogP contribution in [0.25, 0.3) is 5.69 Å². The number of nitrogens with one attached hydrogen (secondary N) is 1. The summed E-state index contributed by atoms with van der Waals surface area (Å²) in [4.78, 5) is 0. The molecule has 1 aromatic heterocycles. The Kier molecular flexibility index (Phi) is 4.27. The third-order valence-corrected chi connectivity index (χ3v) is 4.29. The molecular weight excluding hydrogens is 350 g/mol. The molecule has 3 aromatic rings. The van der Waals surface area contributed by atoms with Gasteiger partial charge in [0.05, 0.1) is 22.9 Å². The quantitative estimate of drug-likeness (QED) is 0.715. The number of hydrogen-bond donors (Lipinski definition) is 1. The highest BCUT2D eigenvalue weighted by molar-refractivity contribution is 9.10. The van der Waals surface area contributed by atoms with E-state index in [1.54, 1.807) is 0 Å². The van der Waals surface area contributed by atoms with Gasteiger partial charge < -0.3 is 5.32 Å². The minimum atomic E-state index is 0.651. The second-order valence-corrected chi connectivity index (χ2v) is 5.83. The second-order valence-electron chi connectivity index (χ2n) is 4.57. The molecular formula is C16H13BrClN3. The van der Waals surface area contributed by atoms with Crippen LogP contribution < -0.4 is 5.32 Å². The van der Waals surface area contributed by atoms with Crippen LogP contribution in [0.15, 0.2) is 65.3 Å². The topological polar surface area (TPSA) is 29.9 Å². The molecule has 21 heavy (non-hydrogen) atoms. The largest absolute Gasteiger partial charge is 0.379 e. The summed E-state index contributed by atoms with van der Waals surface area (Å²) in [5, 5.41) is 8.55. The summed E-state index contributed by atoms with van der Waals surface area (Å²) < 4.78 is 2.76. The van der Waals surface area contributed by atoms with E-state index in [9.17, 15) is 0 Å². The van der Waals surface area contributed by atoms with E-state index in [2.05, 4.69) is 26.3 Å². The lowest BCUT2D eigenvalue weighted by atomic mass is 10.3. The molecule has 0 saturated carbocycles. The number of hydrogen-bond acceptors (Lipinski definition) is 2. The van der Waals surface area contributed by atoms with E-state index in [0.717, 1.165) is 21.5 Å². The Balaban J connectivity index is 1.69. The van der Waals surface area contributed by atoms with E-state index < -0.39 is 0 Å². The molecule has 0 aliphatic heterocycles. The van der Waals surface area contributed by atoms with Crippen LogP contribution in [0.1, 0.15) is 5.69 Å². The SMILES string of the molecule is Clc1cc(NCc2ccn(-c3ccccc3)n2)ccc1Br. The van der Waals surface area contributed by atoms with Crippen molar-refractivity contribution in [1.82, 2.24) is 9.78 Å². The zero-order chi connectivity index (χ0) is 14.7. The van der Waals surface area contributed by atoms with Crippen molar-refractivity contribution in [2.24, 2.45) is 0 Å². The van der Waals surface area contributed by atoms with Crippen molar-refractivity contribution in [3.05, 3.63) is 76.0 Å². The predicted molar refractivity (Wildman–Crippen MR) is 90.0 cm³/mol. The summed E-state index contributed by atoms with van der Waals surface area (Å²) in [5.41, 5.74) is 2.99. The van der Waals surface area contributed by atoms with E-state index in [1.807, 2.05) is 65.5 Å². The number of para-hydroxylation sites is 1. The molecule has 0 aliphatic rings. The maximum absolute atomic E-state index is 6.07. The highest BCUT2D eigenvalue weighted by atomic mass is 79.9. The van der Waals surface area contributed by atoms with Gasteiger partial charge in [-0.3, -0.25) is 0 Å². The summed E-state index contributed by atoms with van der Waals surface area (Å²) in [5.74, 6) is 0. The monoisotopic (exact) mass is 361 g/mol. The summed E-state index contributed by atoms with van der Waals surface area (Å²) in [6.45, 7) is 0.651. The van der Waals surface area contributed by atoms with Gasteiger partial charge in [0, 0.05) is 16.4 Å². The minimum absolute atomic E-state index is 0.651. The second kappa shape index (κ2) is 6.33. The molecule has 1 N–H and O–H groups in total. The van der Waals surface area contributed by atoms with Crippen molar-refractivity contribution in [3.8, 4) is 5.69 Å². The van der Waals surface area contributed by atoms with Crippen molar-refractivity contribution in [2.75, 3.05) is 5.32 Å². The zero-order valence-corrected chi connectivity index (χ0v) is 13.5. The van der Waals surface area contributed by atoms with Gasteiger partial charge in [-0.05, 0) is 52.3 Å². The first-order chi connectivity index (χ1) is 10.2. The van der Waals surface area contributed by atoms with Crippen molar-refractivity contribution < 1.29 is 0 Å². The molecule has 1 heterocycles. The summed E-state index contributed by atoms with van der Waals surface area (Å²) in [6.07, 6.45) is 1.96. The first-order valence-electron chi connectivity index (χ1n) is 6.51. The number of halogens is 2. The Hall–Kier alpha value is -1.78. The molecule has 0 unspecified atom stereocenters. The molecule has 0 aliphatic carbocycles. The number of anilines is 1. The summed E-state index contributed by atoms with van der Waals surface area (Å²) in [7, 11) is 0. The normalized spacial score (nSPS) is 10.6. The van der Waals surface area contributed by atoms with Crippen LogP contribution in [0.2, 0.25) is 5.02 Å². The van der Waals surface area contributed by atoms with Crippen molar-refractivity contribution in [2.45, 2.75) is 6.54 Å². The summed E-state index contributed by atoms with van der Waals surface area (Å²) in [6, 6.07) is 17.8. The lowest BCUT2D eigenvalue weighted by Crippen LogP contribution is -2.02. The number of rotatable bonds is 4. The lowest BCUT2D eigenvalue weighted by molar-refractivity contribution is 0.844. The smallest absolute Gasteiger partial charge is 0.0819 e. The van der Waals surface area contributed by atoms with Crippen molar-refractivity contribution in [3.63, 3.8) is 0 Å². The maximum atomic E-state index is 6.07. The molecule has 0 spiro atoms. The fourth-order valence-electron chi connectivity index (χ4n) is 1.98. The van der Waals surface area contributed by atoms with E-state index in [0.29, 0.717) is 11.6 Å². The van der Waals surface area contributed by atoms with Crippen LogP contribution in [0.4, 0.5) is 5.69 Å². The van der Waals surface area contributed by atoms with Gasteiger partial charge in [-0.2, -0.15) is 5.10 Å². The van der Waals surface area contributed by atoms with Crippen LogP contribution in [-0.4, -0.2) is 9.78 Å². The van der Waals surface area contributed by atoms with Crippen LogP contribution in [0, 0.1) is 0 Å². The number of benzene rings is 2. The Morgan fingerprint density at radius 3 is 2.67 bits per heavy atom. The van der Waals surface area contributed by atoms with Crippen LogP contribution in [-0.2, 0) is 6.54 Å². The van der Waals surface area contributed by atoms with Gasteiger partial charge in [0.1, 0.15) is 0 Å². The lowest BCUT2D eigenvalue weighted by Gasteiger charge is -2.06. The highest BCUT2D eigenvalue weighted by Gasteiger charge is 2.02. The third kappa shape index (κ3) is 3.46. The Bertz CT molecular complexity index is 740. The number of aromatic nitrogens is 2. The third-order valence-electron chi connectivity index (χ3n) is 3.06. The Morgan fingerprint density at radius 1 is 1.10 bits per heavy atom. The molecule has 0 radical (unpaired) electrons. The maximum Gasteiger partial charge on any atom is 0.0819 e. The van der Waals surface area contributed by atoms with Gasteiger partial charge in [0.15, 0.2) is 0 Å². The first-order valence-corrected chi connectivity index (χ1v) is 7.68. The Labute approximate surface area is 136 Å². The molecule has 0 atom stereocenters. The van der Waals surface area contributed by atoms with Crippen LogP contribution in [0.3, 0.4) is 0 Å². The molecule has 0 bridgehead atoms. The van der Waals surface area contributed by atoms with Crippen molar-refractivity contribution >= 4 is 33.2 Å². The molecule has 3 nitrogen and oxygen atoms in total. The fourth-order valence-corrected chi connectivity index (χ4v) is 2.41. The predicted octanol–water partition coefficient (Wildman–Crippen LogP) is 4.90. The van der Waals surface area contributed by atoms with E-state index in [-0.39, 0.29) is 0 Å². The fraction of sp³-hybridized carbons (Fsp3) is 0.0625. The molecule has 0 saturated heterocycles. The average molecular weight is 363 g/mol. The van der Waals surface area contributed by atoms with Gasteiger partial charge in [0.2, 0.25) is 0 Å². The molecule has 0 fully saturated rings. The van der Waals surface area contributed by atoms with Gasteiger partial charge in [-0.15, -0.1) is 0 Å². The molecule has 3 rings (SSSR count). The first kappa shape index (κ1) is 14.2. The minimum Gasteiger partial charge on any atom is -0.379 e. The average Bonchev–Trinajstić information content (AvgIpc) is 2.98. The number of nitrogens with zero attached hydrogens (tertiary/aromatic N) is 2. The van der Waals surface area contributed by atoms with Crippen LogP contribution in [0.5, 0.6) is 0 Å². The van der Waals surface area contributed by atoms with Gasteiger partial charge >= 0.3 is 0 Å². The highest BCUT2D eigenvalue weighted by Crippen LogP contribution is 2.25. The van der Waals surface area contributed by atoms with E-state index in [4.69, 9.17) is 11.6 Å². The Morgan fingerprint density at radius 2 is 1.90 bits per heavy atom. The van der Waals surface area contributed by atoms with Crippen LogP contribution >= 0.6 is 27.5 Å². The molecule has 2 aromatic carbocycles. The van der Waals surface area contributed by atoms with Gasteiger partial charge in [0.25, 0.3) is 0 Å². The van der Waals surface area contributed by atoms with Gasteiger partial charge in [-0.1, -0.05) is 29.8 Å². The molecule has 5 heteroatoms. The van der Waals surface area contributed by atoms with Crippen molar-refractivity contribution in [1.29, 1.82) is 0 Å².